The first-order valence-electron chi connectivity index (χ1n) is 11.3. The van der Waals surface area contributed by atoms with Gasteiger partial charge in [-0.3, -0.25) is 4.79 Å². The van der Waals surface area contributed by atoms with E-state index in [0.717, 1.165) is 66.3 Å². The lowest BCUT2D eigenvalue weighted by molar-refractivity contribution is -0.158. The third-order valence-corrected chi connectivity index (χ3v) is 6.67. The van der Waals surface area contributed by atoms with Gasteiger partial charge in [-0.25, -0.2) is 9.97 Å². The van der Waals surface area contributed by atoms with Gasteiger partial charge in [-0.2, -0.15) is 0 Å². The van der Waals surface area contributed by atoms with Crippen LogP contribution >= 0.6 is 0 Å². The van der Waals surface area contributed by atoms with E-state index in [9.17, 15) is 9.90 Å². The molecule has 0 saturated carbocycles. The highest BCUT2D eigenvalue weighted by molar-refractivity contribution is 5.80. The maximum atomic E-state index is 11.2. The average molecular weight is 437 g/mol. The summed E-state index contributed by atoms with van der Waals surface area (Å²) < 4.78 is 11.6. The number of hydrogen-bond acceptors (Lipinski definition) is 6. The summed E-state index contributed by atoms with van der Waals surface area (Å²) >= 11 is 0. The van der Waals surface area contributed by atoms with Gasteiger partial charge in [0.1, 0.15) is 17.4 Å². The van der Waals surface area contributed by atoms with E-state index in [1.807, 2.05) is 43.5 Å². The Morgan fingerprint density at radius 1 is 1.28 bits per heavy atom. The number of imidazole rings is 1. The highest BCUT2D eigenvalue weighted by atomic mass is 16.5. The zero-order valence-electron chi connectivity index (χ0n) is 18.2. The van der Waals surface area contributed by atoms with Crippen LogP contribution in [0.25, 0.3) is 22.4 Å². The zero-order valence-corrected chi connectivity index (χ0v) is 18.2. The third kappa shape index (κ3) is 4.02. The standard InChI is InChI=1S/C24H28N4O4/c1-2-31-18-4-5-19-20(13-18)27-22(26-19)16-3-6-21(25-14-16)28-11-9-24(10-12-28)8-7-17(15-32-24)23(29)30/h3-6,13-14,17H,2,7-12,15H2,1H3,(H,26,27)(H,29,30). The molecule has 0 aliphatic carbocycles. The number of nitrogens with zero attached hydrogens (tertiary/aromatic N) is 3. The minimum absolute atomic E-state index is 0.170. The minimum Gasteiger partial charge on any atom is -0.494 e. The van der Waals surface area contributed by atoms with Crippen molar-refractivity contribution in [2.75, 3.05) is 31.2 Å². The van der Waals surface area contributed by atoms with Gasteiger partial charge in [0.05, 0.1) is 35.8 Å². The number of aromatic amines is 1. The lowest BCUT2D eigenvalue weighted by atomic mass is 9.82. The minimum atomic E-state index is -0.749. The maximum Gasteiger partial charge on any atom is 0.308 e. The van der Waals surface area contributed by atoms with Gasteiger partial charge in [0.2, 0.25) is 0 Å². The number of carboxylic acids is 1. The summed E-state index contributed by atoms with van der Waals surface area (Å²) in [5.41, 5.74) is 2.60. The van der Waals surface area contributed by atoms with Gasteiger partial charge in [0.25, 0.3) is 0 Å². The molecule has 0 amide bonds. The molecule has 3 aromatic rings. The number of aromatic nitrogens is 3. The molecule has 4 heterocycles. The Balaban J connectivity index is 1.24. The third-order valence-electron chi connectivity index (χ3n) is 6.67. The number of fused-ring (bicyclic) bond motifs is 1. The van der Waals surface area contributed by atoms with Gasteiger partial charge >= 0.3 is 5.97 Å². The molecule has 1 aromatic carbocycles. The zero-order chi connectivity index (χ0) is 22.1. The lowest BCUT2D eigenvalue weighted by Crippen LogP contribution is -2.50. The Morgan fingerprint density at radius 2 is 2.12 bits per heavy atom. The second-order valence-corrected chi connectivity index (χ2v) is 8.66. The summed E-state index contributed by atoms with van der Waals surface area (Å²) in [6, 6.07) is 9.93. The molecule has 1 unspecified atom stereocenters. The molecule has 1 atom stereocenters. The molecule has 5 rings (SSSR count). The predicted molar refractivity (Wildman–Crippen MR) is 121 cm³/mol. The first-order valence-corrected chi connectivity index (χ1v) is 11.3. The molecule has 8 nitrogen and oxygen atoms in total. The Bertz CT molecular complexity index is 1090. The number of rotatable bonds is 5. The van der Waals surface area contributed by atoms with E-state index < -0.39 is 5.97 Å². The largest absolute Gasteiger partial charge is 0.494 e. The highest BCUT2D eigenvalue weighted by Gasteiger charge is 2.41. The van der Waals surface area contributed by atoms with E-state index in [2.05, 4.69) is 19.9 Å². The number of pyridine rings is 1. The van der Waals surface area contributed by atoms with E-state index in [1.165, 1.54) is 0 Å². The summed E-state index contributed by atoms with van der Waals surface area (Å²) in [5.74, 6) is 1.44. The number of H-pyrrole nitrogens is 1. The van der Waals surface area contributed by atoms with Crippen LogP contribution in [0.5, 0.6) is 5.75 Å². The van der Waals surface area contributed by atoms with Crippen molar-refractivity contribution in [3.63, 3.8) is 0 Å². The molecular weight excluding hydrogens is 408 g/mol. The van der Waals surface area contributed by atoms with Crippen LogP contribution in [0.2, 0.25) is 0 Å². The van der Waals surface area contributed by atoms with E-state index in [0.29, 0.717) is 19.6 Å². The molecule has 2 aromatic heterocycles. The SMILES string of the molecule is CCOc1ccc2nc(-c3ccc(N4CCC5(CCC(C(=O)O)CO5)CC4)nc3)[nH]c2c1. The fourth-order valence-corrected chi connectivity index (χ4v) is 4.70. The topological polar surface area (TPSA) is 101 Å². The molecule has 0 bridgehead atoms. The van der Waals surface area contributed by atoms with Crippen LogP contribution in [0.15, 0.2) is 36.5 Å². The molecule has 8 heteroatoms. The molecule has 2 aliphatic rings. The van der Waals surface area contributed by atoms with Crippen molar-refractivity contribution in [2.45, 2.75) is 38.2 Å². The summed E-state index contributed by atoms with van der Waals surface area (Å²) in [4.78, 5) is 26.2. The van der Waals surface area contributed by atoms with Crippen LogP contribution in [0.4, 0.5) is 5.82 Å². The number of aliphatic carboxylic acids is 1. The number of carbonyl (C=O) groups is 1. The van der Waals surface area contributed by atoms with E-state index in [4.69, 9.17) is 9.47 Å². The van der Waals surface area contributed by atoms with Gasteiger partial charge in [0.15, 0.2) is 0 Å². The van der Waals surface area contributed by atoms with Crippen LogP contribution < -0.4 is 9.64 Å². The van der Waals surface area contributed by atoms with Gasteiger partial charge in [-0.1, -0.05) is 0 Å². The Morgan fingerprint density at radius 3 is 2.78 bits per heavy atom. The Kier molecular flexibility index (Phi) is 5.46. The normalized spacial score (nSPS) is 20.5. The number of carboxylic acid groups (broad SMARTS) is 1. The van der Waals surface area contributed by atoms with Crippen LogP contribution in [0.1, 0.15) is 32.6 Å². The molecule has 2 fully saturated rings. The molecule has 168 valence electrons. The van der Waals surface area contributed by atoms with Crippen molar-refractivity contribution >= 4 is 22.8 Å². The van der Waals surface area contributed by atoms with E-state index in [-0.39, 0.29) is 11.5 Å². The average Bonchev–Trinajstić information content (AvgIpc) is 3.24. The van der Waals surface area contributed by atoms with Crippen LogP contribution in [0, 0.1) is 5.92 Å². The van der Waals surface area contributed by atoms with Crippen molar-refractivity contribution in [2.24, 2.45) is 5.92 Å². The smallest absolute Gasteiger partial charge is 0.308 e. The monoisotopic (exact) mass is 436 g/mol. The number of hydrogen-bond donors (Lipinski definition) is 2. The Hall–Kier alpha value is -3.13. The van der Waals surface area contributed by atoms with Crippen molar-refractivity contribution in [3.05, 3.63) is 36.5 Å². The number of piperidine rings is 1. The Labute approximate surface area is 186 Å². The maximum absolute atomic E-state index is 11.2. The van der Waals surface area contributed by atoms with Gasteiger partial charge < -0.3 is 24.5 Å². The summed E-state index contributed by atoms with van der Waals surface area (Å²) in [6.45, 7) is 4.63. The predicted octanol–water partition coefficient (Wildman–Crippen LogP) is 3.87. The second-order valence-electron chi connectivity index (χ2n) is 8.66. The van der Waals surface area contributed by atoms with Crippen molar-refractivity contribution < 1.29 is 19.4 Å². The molecule has 2 saturated heterocycles. The van der Waals surface area contributed by atoms with E-state index >= 15 is 0 Å². The van der Waals surface area contributed by atoms with Crippen molar-refractivity contribution in [3.8, 4) is 17.1 Å². The van der Waals surface area contributed by atoms with Gasteiger partial charge in [-0.15, -0.1) is 0 Å². The molecule has 2 aliphatic heterocycles. The summed E-state index contributed by atoms with van der Waals surface area (Å²) in [6.07, 6.45) is 5.17. The highest BCUT2D eigenvalue weighted by Crippen LogP contribution is 2.37. The second kappa shape index (κ2) is 8.43. The first-order chi connectivity index (χ1) is 15.5. The summed E-state index contributed by atoms with van der Waals surface area (Å²) in [7, 11) is 0. The van der Waals surface area contributed by atoms with Crippen LogP contribution in [-0.2, 0) is 9.53 Å². The quantitative estimate of drug-likeness (QED) is 0.626. The van der Waals surface area contributed by atoms with Crippen LogP contribution in [0.3, 0.4) is 0 Å². The molecule has 32 heavy (non-hydrogen) atoms. The number of anilines is 1. The van der Waals surface area contributed by atoms with Gasteiger partial charge in [-0.05, 0) is 56.9 Å². The lowest BCUT2D eigenvalue weighted by Gasteiger charge is -2.45. The number of nitrogens with one attached hydrogen (secondary N) is 1. The fourth-order valence-electron chi connectivity index (χ4n) is 4.70. The fraction of sp³-hybridized carbons (Fsp3) is 0.458. The van der Waals surface area contributed by atoms with Crippen molar-refractivity contribution in [1.82, 2.24) is 15.0 Å². The summed E-state index contributed by atoms with van der Waals surface area (Å²) in [5, 5.41) is 9.19. The molecular formula is C24H28N4O4. The first kappa shape index (κ1) is 20.8. The van der Waals surface area contributed by atoms with Gasteiger partial charge in [0, 0.05) is 30.9 Å². The molecule has 1 spiro atoms. The van der Waals surface area contributed by atoms with Crippen LogP contribution in [-0.4, -0.2) is 57.9 Å². The molecule has 0 radical (unpaired) electrons. The van der Waals surface area contributed by atoms with E-state index in [1.54, 1.807) is 0 Å². The number of benzene rings is 1. The van der Waals surface area contributed by atoms with Crippen molar-refractivity contribution in [1.29, 1.82) is 0 Å². The number of ether oxygens (including phenoxy) is 2. The molecule has 2 N–H and O–H groups in total.